The molecule has 0 bridgehead atoms. The van der Waals surface area contributed by atoms with E-state index in [9.17, 15) is 0 Å². The highest BCUT2D eigenvalue weighted by molar-refractivity contribution is 6.12. The monoisotopic (exact) mass is 803 g/mol. The van der Waals surface area contributed by atoms with E-state index < -0.39 is 0 Å². The van der Waals surface area contributed by atoms with Crippen molar-refractivity contribution in [3.05, 3.63) is 249 Å². The summed E-state index contributed by atoms with van der Waals surface area (Å²) in [5, 5.41) is 4.98. The largest absolute Gasteiger partial charge is 0.311 e. The quantitative estimate of drug-likeness (QED) is 0.149. The summed E-state index contributed by atoms with van der Waals surface area (Å²) >= 11 is 0. The normalized spacial score (nSPS) is 11.5. The maximum Gasteiger partial charge on any atom is 0.0541 e. The molecule has 0 unspecified atom stereocenters. The molecule has 2 aromatic heterocycles. The summed E-state index contributed by atoms with van der Waals surface area (Å²) in [4.78, 5) is 2.34. The molecule has 0 saturated heterocycles. The molecule has 2 heterocycles. The predicted molar refractivity (Wildman–Crippen MR) is 266 cm³/mol. The molecule has 3 heteroatoms. The summed E-state index contributed by atoms with van der Waals surface area (Å²) in [6.07, 6.45) is 0. The van der Waals surface area contributed by atoms with Gasteiger partial charge >= 0.3 is 0 Å². The summed E-state index contributed by atoms with van der Waals surface area (Å²) in [5.41, 5.74) is 17.6. The fourth-order valence-electron chi connectivity index (χ4n) is 9.61. The van der Waals surface area contributed by atoms with Crippen LogP contribution in [0.4, 0.5) is 17.1 Å². The van der Waals surface area contributed by atoms with Crippen molar-refractivity contribution < 1.29 is 0 Å². The Balaban J connectivity index is 0.943. The molecule has 12 rings (SSSR count). The third kappa shape index (κ3) is 6.29. The zero-order valence-electron chi connectivity index (χ0n) is 34.5. The van der Waals surface area contributed by atoms with E-state index >= 15 is 0 Å². The van der Waals surface area contributed by atoms with Crippen molar-refractivity contribution in [2.24, 2.45) is 0 Å². The van der Waals surface area contributed by atoms with Crippen LogP contribution in [0, 0.1) is 0 Å². The molecule has 0 aliphatic heterocycles. The van der Waals surface area contributed by atoms with Gasteiger partial charge in [-0.2, -0.15) is 0 Å². The van der Waals surface area contributed by atoms with Crippen LogP contribution in [0.5, 0.6) is 0 Å². The second-order valence-corrected chi connectivity index (χ2v) is 16.2. The molecule has 0 atom stereocenters. The van der Waals surface area contributed by atoms with Crippen LogP contribution in [0.1, 0.15) is 0 Å². The lowest BCUT2D eigenvalue weighted by Crippen LogP contribution is -2.10. The summed E-state index contributed by atoms with van der Waals surface area (Å²) in [6.45, 7) is 0. The molecule has 0 saturated carbocycles. The van der Waals surface area contributed by atoms with Crippen LogP contribution in [0.2, 0.25) is 0 Å². The van der Waals surface area contributed by atoms with E-state index in [1.54, 1.807) is 0 Å². The molecule has 0 N–H and O–H groups in total. The molecule has 0 fully saturated rings. The second kappa shape index (κ2) is 15.3. The fourth-order valence-corrected chi connectivity index (χ4v) is 9.61. The van der Waals surface area contributed by atoms with Crippen LogP contribution in [-0.4, -0.2) is 9.13 Å². The van der Waals surface area contributed by atoms with Crippen LogP contribution < -0.4 is 4.90 Å². The number of hydrogen-bond acceptors (Lipinski definition) is 1. The van der Waals surface area contributed by atoms with E-state index in [2.05, 4.69) is 263 Å². The van der Waals surface area contributed by atoms with Gasteiger partial charge in [-0.25, -0.2) is 0 Å². The third-order valence-corrected chi connectivity index (χ3v) is 12.5. The Morgan fingerprint density at radius 3 is 1.24 bits per heavy atom. The number of benzene rings is 10. The van der Waals surface area contributed by atoms with Gasteiger partial charge in [-0.3, -0.25) is 0 Å². The highest BCUT2D eigenvalue weighted by Gasteiger charge is 2.18. The first-order valence-corrected chi connectivity index (χ1v) is 21.6. The predicted octanol–water partition coefficient (Wildman–Crippen LogP) is 16.4. The first-order chi connectivity index (χ1) is 31.3. The second-order valence-electron chi connectivity index (χ2n) is 16.2. The molecule has 0 aliphatic carbocycles. The van der Waals surface area contributed by atoms with Crippen LogP contribution in [0.25, 0.3) is 88.4 Å². The van der Waals surface area contributed by atoms with Crippen LogP contribution >= 0.6 is 0 Å². The molecular formula is C60H41N3. The summed E-state index contributed by atoms with van der Waals surface area (Å²) in [5.74, 6) is 0. The molecule has 63 heavy (non-hydrogen) atoms. The number of anilines is 3. The minimum Gasteiger partial charge on any atom is -0.311 e. The first kappa shape index (κ1) is 36.5. The Hall–Kier alpha value is -8.40. The lowest BCUT2D eigenvalue weighted by molar-refractivity contribution is 1.17. The highest BCUT2D eigenvalue weighted by Crippen LogP contribution is 2.41. The van der Waals surface area contributed by atoms with Gasteiger partial charge in [-0.15, -0.1) is 0 Å². The standard InChI is InChI=1S/C60H41N3/c1-4-16-43(17-5-1)51-22-10-11-23-52(51)45-31-39-60-56(41-45)55-40-44(30-38-59(55)62(60)47-20-8-3-9-21-47)42-28-32-48(33-29-42)61(46-18-6-2-7-19-46)49-34-36-50(37-35-49)63-57-26-14-12-24-53(57)54-25-13-15-27-58(54)63/h1-41H. The van der Waals surface area contributed by atoms with Gasteiger partial charge in [0.05, 0.1) is 22.1 Å². The van der Waals surface area contributed by atoms with Gasteiger partial charge in [-0.1, -0.05) is 152 Å². The minimum atomic E-state index is 1.10. The van der Waals surface area contributed by atoms with Gasteiger partial charge in [-0.05, 0) is 130 Å². The number of hydrogen-bond donors (Lipinski definition) is 0. The number of nitrogens with zero attached hydrogens (tertiary/aromatic N) is 3. The van der Waals surface area contributed by atoms with Gasteiger partial charge in [0.25, 0.3) is 0 Å². The zero-order valence-corrected chi connectivity index (χ0v) is 34.5. The van der Waals surface area contributed by atoms with E-state index in [1.165, 1.54) is 77.0 Å². The first-order valence-electron chi connectivity index (χ1n) is 21.6. The maximum absolute atomic E-state index is 2.40. The average Bonchev–Trinajstić information content (AvgIpc) is 3.88. The maximum atomic E-state index is 2.40. The van der Waals surface area contributed by atoms with E-state index in [1.807, 2.05) is 0 Å². The minimum absolute atomic E-state index is 1.10. The third-order valence-electron chi connectivity index (χ3n) is 12.5. The van der Waals surface area contributed by atoms with Crippen molar-refractivity contribution in [2.75, 3.05) is 4.90 Å². The fraction of sp³-hybridized carbons (Fsp3) is 0. The van der Waals surface area contributed by atoms with E-state index in [4.69, 9.17) is 0 Å². The van der Waals surface area contributed by atoms with Gasteiger partial charge in [0.1, 0.15) is 0 Å². The summed E-state index contributed by atoms with van der Waals surface area (Å²) in [6, 6.07) is 90.0. The highest BCUT2D eigenvalue weighted by atomic mass is 15.1. The summed E-state index contributed by atoms with van der Waals surface area (Å²) in [7, 11) is 0. The molecule has 296 valence electrons. The number of rotatable bonds is 8. The SMILES string of the molecule is c1ccc(-c2ccccc2-c2ccc3c(c2)c2cc(-c4ccc(N(c5ccccc5)c5ccc(-n6c7ccccc7c7ccccc76)cc5)cc4)ccc2n3-c2ccccc2)cc1. The Morgan fingerprint density at radius 2 is 0.635 bits per heavy atom. The number of aromatic nitrogens is 2. The average molecular weight is 804 g/mol. The number of fused-ring (bicyclic) bond motifs is 6. The lowest BCUT2D eigenvalue weighted by atomic mass is 9.93. The van der Waals surface area contributed by atoms with Crippen molar-refractivity contribution in [2.45, 2.75) is 0 Å². The molecule has 0 aliphatic rings. The van der Waals surface area contributed by atoms with E-state index in [0.29, 0.717) is 0 Å². The topological polar surface area (TPSA) is 13.1 Å². The molecule has 10 aromatic carbocycles. The van der Waals surface area contributed by atoms with Crippen molar-refractivity contribution in [1.82, 2.24) is 9.13 Å². The molecule has 12 aromatic rings. The van der Waals surface area contributed by atoms with Gasteiger partial charge in [0, 0.05) is 50.0 Å². The molecular weight excluding hydrogens is 763 g/mol. The van der Waals surface area contributed by atoms with Crippen molar-refractivity contribution >= 4 is 60.7 Å². The van der Waals surface area contributed by atoms with E-state index in [0.717, 1.165) is 28.4 Å². The smallest absolute Gasteiger partial charge is 0.0541 e. The Labute approximate surface area is 366 Å². The summed E-state index contributed by atoms with van der Waals surface area (Å²) < 4.78 is 4.77. The van der Waals surface area contributed by atoms with Gasteiger partial charge in [0.15, 0.2) is 0 Å². The molecule has 0 amide bonds. The van der Waals surface area contributed by atoms with E-state index in [-0.39, 0.29) is 0 Å². The van der Waals surface area contributed by atoms with Crippen molar-refractivity contribution in [1.29, 1.82) is 0 Å². The molecule has 3 nitrogen and oxygen atoms in total. The van der Waals surface area contributed by atoms with Crippen LogP contribution in [0.15, 0.2) is 249 Å². The van der Waals surface area contributed by atoms with Crippen molar-refractivity contribution in [3.8, 4) is 44.8 Å². The molecule has 0 spiro atoms. The Bertz CT molecular complexity index is 3530. The lowest BCUT2D eigenvalue weighted by Gasteiger charge is -2.26. The van der Waals surface area contributed by atoms with Crippen LogP contribution in [0.3, 0.4) is 0 Å². The van der Waals surface area contributed by atoms with Gasteiger partial charge < -0.3 is 14.0 Å². The number of para-hydroxylation sites is 4. The zero-order chi connectivity index (χ0) is 41.7. The van der Waals surface area contributed by atoms with Crippen LogP contribution in [-0.2, 0) is 0 Å². The van der Waals surface area contributed by atoms with Gasteiger partial charge in [0.2, 0.25) is 0 Å². The Morgan fingerprint density at radius 1 is 0.238 bits per heavy atom. The molecule has 0 radical (unpaired) electrons. The van der Waals surface area contributed by atoms with Crippen molar-refractivity contribution in [3.63, 3.8) is 0 Å². The Kier molecular flexibility index (Phi) is 8.83.